The first-order valence-corrected chi connectivity index (χ1v) is 9.91. The van der Waals surface area contributed by atoms with Gasteiger partial charge < -0.3 is 9.84 Å². The van der Waals surface area contributed by atoms with E-state index >= 15 is 0 Å². The van der Waals surface area contributed by atoms with E-state index in [-0.39, 0.29) is 12.0 Å². The van der Waals surface area contributed by atoms with Gasteiger partial charge in [-0.3, -0.25) is 9.69 Å². The number of pyridine rings is 2. The molecule has 0 saturated heterocycles. The Morgan fingerprint density at radius 3 is 2.80 bits per heavy atom. The molecule has 130 valence electrons. The Hall–Kier alpha value is -1.32. The average molecular weight is 396 g/mol. The topological polar surface area (TPSA) is 75.6 Å². The van der Waals surface area contributed by atoms with E-state index in [1.54, 1.807) is 19.2 Å². The highest BCUT2D eigenvalue weighted by Gasteiger charge is 2.42. The number of methoxy groups -OCH3 is 1. The minimum Gasteiger partial charge on any atom is -0.380 e. The fourth-order valence-corrected chi connectivity index (χ4v) is 5.52. The summed E-state index contributed by atoms with van der Waals surface area (Å²) in [5.74, 6) is 1.49. The largest absolute Gasteiger partial charge is 0.380 e. The summed E-state index contributed by atoms with van der Waals surface area (Å²) in [6.07, 6.45) is -0.987. The molecule has 0 saturated carbocycles. The second kappa shape index (κ2) is 6.77. The number of aliphatic hydroxyl groups excluding tert-OH is 1. The zero-order valence-electron chi connectivity index (χ0n) is 13.2. The van der Waals surface area contributed by atoms with Crippen molar-refractivity contribution < 1.29 is 14.6 Å². The molecule has 2 unspecified atom stereocenters. The molecular weight excluding hydrogens is 382 g/mol. The van der Waals surface area contributed by atoms with Gasteiger partial charge in [0.05, 0.1) is 15.9 Å². The van der Waals surface area contributed by atoms with E-state index in [1.807, 2.05) is 12.1 Å². The maximum atomic E-state index is 12.8. The molecule has 0 aromatic carbocycles. The molecule has 0 fully saturated rings. The van der Waals surface area contributed by atoms with Crippen molar-refractivity contribution in [1.29, 1.82) is 0 Å². The molecule has 2 aromatic rings. The van der Waals surface area contributed by atoms with Crippen LogP contribution in [-0.4, -0.2) is 51.9 Å². The van der Waals surface area contributed by atoms with Crippen LogP contribution < -0.4 is 4.90 Å². The van der Waals surface area contributed by atoms with Gasteiger partial charge >= 0.3 is 0 Å². The molecule has 4 rings (SSSR count). The van der Waals surface area contributed by atoms with Crippen molar-refractivity contribution in [2.24, 2.45) is 0 Å². The van der Waals surface area contributed by atoms with Crippen LogP contribution in [0.15, 0.2) is 34.1 Å². The number of thioether (sulfide) groups is 2. The van der Waals surface area contributed by atoms with Crippen molar-refractivity contribution in [1.82, 2.24) is 9.97 Å². The van der Waals surface area contributed by atoms with Crippen LogP contribution >= 0.6 is 35.1 Å². The van der Waals surface area contributed by atoms with E-state index in [0.29, 0.717) is 37.9 Å². The van der Waals surface area contributed by atoms with Crippen molar-refractivity contribution in [3.05, 3.63) is 39.2 Å². The number of halogens is 1. The summed E-state index contributed by atoms with van der Waals surface area (Å²) in [7, 11) is 1.66. The average Bonchev–Trinajstić information content (AvgIpc) is 2.77. The van der Waals surface area contributed by atoms with Gasteiger partial charge in [0.25, 0.3) is 5.91 Å². The standard InChI is InChI=1S/C16H14ClN3O3S2/c1-23-9-6-24-12-13(25-7-9)16(22)20(15(12)21)11-5-3-8-2-4-10(17)18-14(8)19-11/h2-5,9,15,21H,6-7H2,1H3. The number of rotatable bonds is 2. The third-order valence-corrected chi connectivity index (χ3v) is 6.86. The van der Waals surface area contributed by atoms with E-state index < -0.39 is 6.23 Å². The number of hydrogen-bond donors (Lipinski definition) is 1. The van der Waals surface area contributed by atoms with E-state index in [4.69, 9.17) is 16.3 Å². The van der Waals surface area contributed by atoms with Gasteiger partial charge in [-0.1, -0.05) is 11.6 Å². The number of hydrogen-bond acceptors (Lipinski definition) is 7. The van der Waals surface area contributed by atoms with Gasteiger partial charge in [0, 0.05) is 24.0 Å². The number of carbonyl (C=O) groups excluding carboxylic acids is 1. The lowest BCUT2D eigenvalue weighted by molar-refractivity contribution is -0.115. The number of fused-ring (bicyclic) bond motifs is 1. The molecule has 2 atom stereocenters. The van der Waals surface area contributed by atoms with Crippen LogP contribution in [0.2, 0.25) is 5.15 Å². The second-order valence-corrected chi connectivity index (χ2v) is 8.05. The molecule has 2 aromatic heterocycles. The summed E-state index contributed by atoms with van der Waals surface area (Å²) in [6.45, 7) is 0. The first-order valence-electron chi connectivity index (χ1n) is 7.56. The van der Waals surface area contributed by atoms with Crippen LogP contribution in [0.1, 0.15) is 0 Å². The van der Waals surface area contributed by atoms with Crippen LogP contribution in [0.25, 0.3) is 11.0 Å². The number of amides is 1. The maximum Gasteiger partial charge on any atom is 0.269 e. The van der Waals surface area contributed by atoms with Crippen molar-refractivity contribution in [3.63, 3.8) is 0 Å². The van der Waals surface area contributed by atoms with Gasteiger partial charge in [0.2, 0.25) is 0 Å². The Balaban J connectivity index is 1.68. The molecule has 25 heavy (non-hydrogen) atoms. The Kier molecular flexibility index (Phi) is 4.63. The van der Waals surface area contributed by atoms with Crippen LogP contribution in [0, 0.1) is 0 Å². The SMILES string of the molecule is COC1CSC2=C(SC1)C(O)N(c1ccc3ccc(Cl)nc3n1)C2=O. The Morgan fingerprint density at radius 2 is 2.00 bits per heavy atom. The number of ether oxygens (including phenoxy) is 1. The van der Waals surface area contributed by atoms with E-state index in [9.17, 15) is 9.90 Å². The van der Waals surface area contributed by atoms with Gasteiger partial charge in [-0.25, -0.2) is 9.97 Å². The van der Waals surface area contributed by atoms with E-state index in [1.165, 1.54) is 28.4 Å². The number of carbonyl (C=O) groups is 1. The molecule has 0 radical (unpaired) electrons. The summed E-state index contributed by atoms with van der Waals surface area (Å²) < 4.78 is 5.37. The lowest BCUT2D eigenvalue weighted by Crippen LogP contribution is -2.36. The minimum atomic E-state index is -1.04. The highest BCUT2D eigenvalue weighted by atomic mass is 35.5. The van der Waals surface area contributed by atoms with E-state index in [2.05, 4.69) is 9.97 Å². The summed E-state index contributed by atoms with van der Waals surface area (Å²) in [5.41, 5.74) is 0.437. The van der Waals surface area contributed by atoms with Crippen LogP contribution in [0.3, 0.4) is 0 Å². The van der Waals surface area contributed by atoms with Crippen LogP contribution in [0.4, 0.5) is 5.82 Å². The highest BCUT2D eigenvalue weighted by molar-refractivity contribution is 8.08. The molecule has 1 N–H and O–H groups in total. The van der Waals surface area contributed by atoms with Gasteiger partial charge in [-0.15, -0.1) is 23.5 Å². The van der Waals surface area contributed by atoms with Gasteiger partial charge in [-0.2, -0.15) is 0 Å². The molecule has 0 aliphatic carbocycles. The van der Waals surface area contributed by atoms with Crippen molar-refractivity contribution >= 4 is 57.9 Å². The highest BCUT2D eigenvalue weighted by Crippen LogP contribution is 2.43. The smallest absolute Gasteiger partial charge is 0.269 e. The summed E-state index contributed by atoms with van der Waals surface area (Å²) in [6, 6.07) is 7.02. The molecule has 0 spiro atoms. The quantitative estimate of drug-likeness (QED) is 0.783. The summed E-state index contributed by atoms with van der Waals surface area (Å²) in [5, 5.41) is 11.8. The van der Waals surface area contributed by atoms with Crippen LogP contribution in [0.5, 0.6) is 0 Å². The molecular formula is C16H14ClN3O3S2. The number of nitrogens with zero attached hydrogens (tertiary/aromatic N) is 3. The molecule has 0 bridgehead atoms. The lowest BCUT2D eigenvalue weighted by Gasteiger charge is -2.22. The molecule has 9 heteroatoms. The second-order valence-electron chi connectivity index (χ2n) is 5.57. The third-order valence-electron chi connectivity index (χ3n) is 4.04. The zero-order valence-corrected chi connectivity index (χ0v) is 15.6. The first kappa shape index (κ1) is 17.1. The van der Waals surface area contributed by atoms with Gasteiger partial charge in [0.15, 0.2) is 11.9 Å². The first-order chi connectivity index (χ1) is 12.1. The zero-order chi connectivity index (χ0) is 17.6. The molecule has 2 aliphatic heterocycles. The number of anilines is 1. The minimum absolute atomic E-state index is 0.0548. The number of aliphatic hydroxyl groups is 1. The molecule has 4 heterocycles. The Morgan fingerprint density at radius 1 is 1.24 bits per heavy atom. The third kappa shape index (κ3) is 3.02. The molecule has 1 amide bonds. The van der Waals surface area contributed by atoms with Gasteiger partial charge in [0.1, 0.15) is 11.0 Å². The van der Waals surface area contributed by atoms with Crippen molar-refractivity contribution in [3.8, 4) is 0 Å². The van der Waals surface area contributed by atoms with Crippen molar-refractivity contribution in [2.45, 2.75) is 12.3 Å². The lowest BCUT2D eigenvalue weighted by atomic mass is 10.3. The molecule has 2 aliphatic rings. The van der Waals surface area contributed by atoms with Crippen molar-refractivity contribution in [2.75, 3.05) is 23.5 Å². The monoisotopic (exact) mass is 395 g/mol. The fraction of sp³-hybridized carbons (Fsp3) is 0.312. The summed E-state index contributed by atoms with van der Waals surface area (Å²) in [4.78, 5) is 24.0. The number of aromatic nitrogens is 2. The molecule has 6 nitrogen and oxygen atoms in total. The van der Waals surface area contributed by atoms with Crippen LogP contribution in [-0.2, 0) is 9.53 Å². The normalized spacial score (nSPS) is 24.0. The predicted octanol–water partition coefficient (Wildman–Crippen LogP) is 2.65. The van der Waals surface area contributed by atoms with Gasteiger partial charge in [-0.05, 0) is 24.3 Å². The Labute approximate surface area is 157 Å². The summed E-state index contributed by atoms with van der Waals surface area (Å²) >= 11 is 8.81. The predicted molar refractivity (Wildman–Crippen MR) is 101 cm³/mol. The maximum absolute atomic E-state index is 12.8. The van der Waals surface area contributed by atoms with E-state index in [0.717, 1.165) is 5.39 Å². The fourth-order valence-electron chi connectivity index (χ4n) is 2.71. The Bertz CT molecular complexity index is 892.